The molecule has 0 aromatic heterocycles. The normalized spacial score (nSPS) is 11.7. The summed E-state index contributed by atoms with van der Waals surface area (Å²) >= 11 is 0. The van der Waals surface area contributed by atoms with E-state index in [9.17, 15) is 0 Å². The van der Waals surface area contributed by atoms with E-state index in [1.54, 1.807) is 0 Å². The monoisotopic (exact) mass is 262 g/mol. The standard InChI is InChI=1S/C14H30O4/c1-13(2)5-6-15-7-8-16-9-10-17-11-12-18-14(3)4/h13-14H,5-12H2,1-4H3. The summed E-state index contributed by atoms with van der Waals surface area (Å²) in [7, 11) is 0. The Morgan fingerprint density at radius 1 is 0.611 bits per heavy atom. The lowest BCUT2D eigenvalue weighted by molar-refractivity contribution is -0.0123. The molecule has 4 heteroatoms. The summed E-state index contributed by atoms with van der Waals surface area (Å²) in [6.45, 7) is 13.1. The smallest absolute Gasteiger partial charge is 0.0703 e. The molecule has 0 aromatic carbocycles. The van der Waals surface area contributed by atoms with Gasteiger partial charge >= 0.3 is 0 Å². The van der Waals surface area contributed by atoms with Gasteiger partial charge in [0.05, 0.1) is 45.7 Å². The van der Waals surface area contributed by atoms with Crippen LogP contribution in [0.2, 0.25) is 0 Å². The summed E-state index contributed by atoms with van der Waals surface area (Å²) in [5, 5.41) is 0. The first-order valence-corrected chi connectivity index (χ1v) is 6.97. The van der Waals surface area contributed by atoms with Gasteiger partial charge in [-0.3, -0.25) is 0 Å². The molecule has 0 aromatic rings. The van der Waals surface area contributed by atoms with Crippen LogP contribution in [0.25, 0.3) is 0 Å². The molecular weight excluding hydrogens is 232 g/mol. The summed E-state index contributed by atoms with van der Waals surface area (Å²) in [5.74, 6) is 0.701. The minimum atomic E-state index is 0.271. The van der Waals surface area contributed by atoms with Crippen molar-refractivity contribution in [3.8, 4) is 0 Å². The van der Waals surface area contributed by atoms with Gasteiger partial charge in [-0.05, 0) is 26.2 Å². The Bertz CT molecular complexity index is 142. The maximum Gasteiger partial charge on any atom is 0.0703 e. The second-order valence-corrected chi connectivity index (χ2v) is 4.94. The summed E-state index contributed by atoms with van der Waals surface area (Å²) in [6.07, 6.45) is 1.38. The molecule has 0 atom stereocenters. The van der Waals surface area contributed by atoms with Crippen LogP contribution in [-0.2, 0) is 18.9 Å². The molecule has 0 saturated heterocycles. The Labute approximate surface area is 112 Å². The molecule has 0 rings (SSSR count). The number of ether oxygens (including phenoxy) is 4. The van der Waals surface area contributed by atoms with Gasteiger partial charge in [-0.1, -0.05) is 13.8 Å². The quantitative estimate of drug-likeness (QED) is 0.478. The number of hydrogen-bond donors (Lipinski definition) is 0. The minimum absolute atomic E-state index is 0.271. The zero-order valence-corrected chi connectivity index (χ0v) is 12.4. The molecule has 4 nitrogen and oxygen atoms in total. The first-order chi connectivity index (χ1) is 8.63. The van der Waals surface area contributed by atoms with E-state index in [4.69, 9.17) is 18.9 Å². The molecule has 0 aliphatic rings. The third kappa shape index (κ3) is 15.8. The SMILES string of the molecule is CC(C)CCOCCOCCOCCOC(C)C. The van der Waals surface area contributed by atoms with E-state index in [1.807, 2.05) is 13.8 Å². The lowest BCUT2D eigenvalue weighted by atomic mass is 10.1. The van der Waals surface area contributed by atoms with Crippen molar-refractivity contribution in [1.29, 1.82) is 0 Å². The molecule has 110 valence electrons. The lowest BCUT2D eigenvalue weighted by Crippen LogP contribution is -2.13. The lowest BCUT2D eigenvalue weighted by Gasteiger charge is -2.09. The third-order valence-corrected chi connectivity index (χ3v) is 2.26. The van der Waals surface area contributed by atoms with E-state index in [0.717, 1.165) is 13.0 Å². The molecule has 0 bridgehead atoms. The van der Waals surface area contributed by atoms with Gasteiger partial charge < -0.3 is 18.9 Å². The Morgan fingerprint density at radius 2 is 1.06 bits per heavy atom. The van der Waals surface area contributed by atoms with Gasteiger partial charge in [0.25, 0.3) is 0 Å². The molecule has 0 heterocycles. The van der Waals surface area contributed by atoms with Gasteiger partial charge in [-0.25, -0.2) is 0 Å². The summed E-state index contributed by atoms with van der Waals surface area (Å²) < 4.78 is 21.5. The topological polar surface area (TPSA) is 36.9 Å². The highest BCUT2D eigenvalue weighted by Crippen LogP contribution is 1.98. The largest absolute Gasteiger partial charge is 0.379 e. The highest BCUT2D eigenvalue weighted by molar-refractivity contribution is 4.42. The van der Waals surface area contributed by atoms with Crippen LogP contribution in [0.4, 0.5) is 0 Å². The zero-order chi connectivity index (χ0) is 13.6. The molecule has 0 amide bonds. The highest BCUT2D eigenvalue weighted by Gasteiger charge is 1.95. The molecule has 0 aliphatic heterocycles. The van der Waals surface area contributed by atoms with Gasteiger partial charge in [0.2, 0.25) is 0 Å². The van der Waals surface area contributed by atoms with Crippen LogP contribution in [0, 0.1) is 5.92 Å². The fourth-order valence-corrected chi connectivity index (χ4v) is 1.20. The molecule has 0 radical (unpaired) electrons. The Hall–Kier alpha value is -0.160. The molecule has 0 N–H and O–H groups in total. The van der Waals surface area contributed by atoms with Crippen LogP contribution >= 0.6 is 0 Å². The van der Waals surface area contributed by atoms with Crippen molar-refractivity contribution in [1.82, 2.24) is 0 Å². The highest BCUT2D eigenvalue weighted by atomic mass is 16.6. The van der Waals surface area contributed by atoms with Crippen molar-refractivity contribution in [3.05, 3.63) is 0 Å². The summed E-state index contributed by atoms with van der Waals surface area (Å²) in [4.78, 5) is 0. The molecule has 0 unspecified atom stereocenters. The first kappa shape index (κ1) is 17.8. The van der Waals surface area contributed by atoms with Gasteiger partial charge in [0.1, 0.15) is 0 Å². The molecule has 0 fully saturated rings. The van der Waals surface area contributed by atoms with Crippen LogP contribution in [0.1, 0.15) is 34.1 Å². The van der Waals surface area contributed by atoms with Gasteiger partial charge in [-0.2, -0.15) is 0 Å². The fraction of sp³-hybridized carbons (Fsp3) is 1.00. The summed E-state index contributed by atoms with van der Waals surface area (Å²) in [6, 6.07) is 0. The first-order valence-electron chi connectivity index (χ1n) is 6.97. The maximum absolute atomic E-state index is 5.43. The molecule has 0 aliphatic carbocycles. The van der Waals surface area contributed by atoms with E-state index in [0.29, 0.717) is 45.6 Å². The van der Waals surface area contributed by atoms with E-state index in [1.165, 1.54) is 0 Å². The minimum Gasteiger partial charge on any atom is -0.379 e. The van der Waals surface area contributed by atoms with Crippen LogP contribution in [0.3, 0.4) is 0 Å². The van der Waals surface area contributed by atoms with Crippen LogP contribution in [-0.4, -0.2) is 52.4 Å². The predicted molar refractivity (Wildman–Crippen MR) is 73.0 cm³/mol. The van der Waals surface area contributed by atoms with Crippen molar-refractivity contribution in [2.45, 2.75) is 40.2 Å². The van der Waals surface area contributed by atoms with Crippen molar-refractivity contribution < 1.29 is 18.9 Å². The van der Waals surface area contributed by atoms with E-state index in [-0.39, 0.29) is 6.10 Å². The third-order valence-electron chi connectivity index (χ3n) is 2.26. The van der Waals surface area contributed by atoms with Crippen LogP contribution < -0.4 is 0 Å². The second kappa shape index (κ2) is 13.3. The predicted octanol–water partition coefficient (Wildman–Crippen LogP) is 2.51. The van der Waals surface area contributed by atoms with Crippen LogP contribution in [0.5, 0.6) is 0 Å². The summed E-state index contributed by atoms with van der Waals surface area (Å²) in [5.41, 5.74) is 0. The molecule has 0 spiro atoms. The van der Waals surface area contributed by atoms with Crippen molar-refractivity contribution in [2.24, 2.45) is 5.92 Å². The fourth-order valence-electron chi connectivity index (χ4n) is 1.20. The van der Waals surface area contributed by atoms with Crippen molar-refractivity contribution in [2.75, 3.05) is 46.2 Å². The van der Waals surface area contributed by atoms with Gasteiger partial charge in [-0.15, -0.1) is 0 Å². The van der Waals surface area contributed by atoms with Crippen molar-refractivity contribution in [3.63, 3.8) is 0 Å². The average molecular weight is 262 g/mol. The number of hydrogen-bond acceptors (Lipinski definition) is 4. The van der Waals surface area contributed by atoms with Gasteiger partial charge in [0, 0.05) is 6.61 Å². The molecule has 18 heavy (non-hydrogen) atoms. The average Bonchev–Trinajstić information content (AvgIpc) is 2.29. The Kier molecular flexibility index (Phi) is 13.2. The van der Waals surface area contributed by atoms with E-state index < -0.39 is 0 Å². The van der Waals surface area contributed by atoms with Crippen molar-refractivity contribution >= 4 is 0 Å². The zero-order valence-electron chi connectivity index (χ0n) is 12.4. The molecular formula is C14H30O4. The van der Waals surface area contributed by atoms with E-state index in [2.05, 4.69) is 13.8 Å². The maximum atomic E-state index is 5.43. The van der Waals surface area contributed by atoms with Gasteiger partial charge in [0.15, 0.2) is 0 Å². The molecule has 0 saturated carbocycles. The number of rotatable bonds is 13. The van der Waals surface area contributed by atoms with Crippen LogP contribution in [0.15, 0.2) is 0 Å². The second-order valence-electron chi connectivity index (χ2n) is 4.94. The van der Waals surface area contributed by atoms with E-state index >= 15 is 0 Å². The Balaban J connectivity index is 2.95. The Morgan fingerprint density at radius 3 is 1.50 bits per heavy atom.